The van der Waals surface area contributed by atoms with Crippen LogP contribution in [0.1, 0.15) is 43.2 Å². The molecule has 2 rings (SSSR count). The van der Waals surface area contributed by atoms with Gasteiger partial charge in [-0.15, -0.1) is 0 Å². The molecule has 2 N–H and O–H groups in total. The van der Waals surface area contributed by atoms with Gasteiger partial charge >= 0.3 is 0 Å². The van der Waals surface area contributed by atoms with Crippen LogP contribution in [0.25, 0.3) is 0 Å². The van der Waals surface area contributed by atoms with Gasteiger partial charge in [-0.1, -0.05) is 31.4 Å². The number of benzene rings is 1. The van der Waals surface area contributed by atoms with Gasteiger partial charge in [0.1, 0.15) is 5.75 Å². The fourth-order valence-corrected chi connectivity index (χ4v) is 3.21. The summed E-state index contributed by atoms with van der Waals surface area (Å²) in [5, 5.41) is 12.6. The molecule has 122 valence electrons. The summed E-state index contributed by atoms with van der Waals surface area (Å²) in [4.78, 5) is 12.3. The van der Waals surface area contributed by atoms with Gasteiger partial charge in [-0.2, -0.15) is 0 Å². The van der Waals surface area contributed by atoms with Gasteiger partial charge in [0.05, 0.1) is 13.5 Å². The summed E-state index contributed by atoms with van der Waals surface area (Å²) in [6.45, 7) is 2.14. The number of carbonyl (C=O) groups is 1. The number of ether oxygens (including phenoxy) is 1. The van der Waals surface area contributed by atoms with Gasteiger partial charge in [-0.3, -0.25) is 4.79 Å². The smallest absolute Gasteiger partial charge is 0.224 e. The molecule has 1 fully saturated rings. The van der Waals surface area contributed by atoms with E-state index in [1.807, 2.05) is 25.1 Å². The molecule has 0 aromatic heterocycles. The number of hydrogen-bond donors (Lipinski definition) is 2. The highest BCUT2D eigenvalue weighted by atomic mass is 16.5. The van der Waals surface area contributed by atoms with E-state index in [4.69, 9.17) is 4.74 Å². The largest absolute Gasteiger partial charge is 0.496 e. The van der Waals surface area contributed by atoms with Crippen molar-refractivity contribution in [2.24, 2.45) is 5.92 Å². The van der Waals surface area contributed by atoms with Gasteiger partial charge in [-0.25, -0.2) is 0 Å². The standard InChI is InChI=1S/C18H27NO3/c1-13-8-9-14(10-17(13)22-2)11-18(21)19-16-7-5-3-4-6-15(16)12-20/h8-10,15-16,20H,3-7,11-12H2,1-2H3,(H,19,21). The molecule has 1 amide bonds. The van der Waals surface area contributed by atoms with Crippen LogP contribution in [0.5, 0.6) is 5.75 Å². The van der Waals surface area contributed by atoms with E-state index in [1.54, 1.807) is 7.11 Å². The molecule has 0 radical (unpaired) electrons. The van der Waals surface area contributed by atoms with Crippen LogP contribution >= 0.6 is 0 Å². The Morgan fingerprint density at radius 3 is 2.82 bits per heavy atom. The number of aryl methyl sites for hydroxylation is 1. The number of rotatable bonds is 5. The maximum atomic E-state index is 12.3. The molecule has 2 unspecified atom stereocenters. The molecule has 22 heavy (non-hydrogen) atoms. The first kappa shape index (κ1) is 16.8. The monoisotopic (exact) mass is 305 g/mol. The second-order valence-electron chi connectivity index (χ2n) is 6.24. The number of nitrogens with one attached hydrogen (secondary N) is 1. The average Bonchev–Trinajstić information content (AvgIpc) is 2.74. The highest BCUT2D eigenvalue weighted by molar-refractivity contribution is 5.79. The Balaban J connectivity index is 1.96. The SMILES string of the molecule is COc1cc(CC(=O)NC2CCCCCC2CO)ccc1C. The Labute approximate surface area is 132 Å². The van der Waals surface area contributed by atoms with Gasteiger partial charge in [0.25, 0.3) is 0 Å². The first-order chi connectivity index (χ1) is 10.6. The fourth-order valence-electron chi connectivity index (χ4n) is 3.21. The van der Waals surface area contributed by atoms with Crippen molar-refractivity contribution in [1.82, 2.24) is 5.32 Å². The molecular weight excluding hydrogens is 278 g/mol. The molecule has 1 saturated carbocycles. The molecule has 1 aliphatic carbocycles. The van der Waals surface area contributed by atoms with Gasteiger partial charge in [-0.05, 0) is 37.0 Å². The van der Waals surface area contributed by atoms with Crippen molar-refractivity contribution in [1.29, 1.82) is 0 Å². The minimum Gasteiger partial charge on any atom is -0.496 e. The highest BCUT2D eigenvalue weighted by Gasteiger charge is 2.24. The zero-order valence-corrected chi connectivity index (χ0v) is 13.6. The van der Waals surface area contributed by atoms with Crippen molar-refractivity contribution < 1.29 is 14.6 Å². The number of carbonyl (C=O) groups excluding carboxylic acids is 1. The number of hydrogen-bond acceptors (Lipinski definition) is 3. The summed E-state index contributed by atoms with van der Waals surface area (Å²) >= 11 is 0. The van der Waals surface area contributed by atoms with Gasteiger partial charge in [0.15, 0.2) is 0 Å². The topological polar surface area (TPSA) is 58.6 Å². The second kappa shape index (κ2) is 8.18. The molecule has 4 heteroatoms. The van der Waals surface area contributed by atoms with Crippen LogP contribution in [-0.2, 0) is 11.2 Å². The number of amides is 1. The zero-order valence-electron chi connectivity index (χ0n) is 13.6. The lowest BCUT2D eigenvalue weighted by Gasteiger charge is -2.24. The Morgan fingerprint density at radius 2 is 2.09 bits per heavy atom. The third-order valence-electron chi connectivity index (χ3n) is 4.58. The Bertz CT molecular complexity index is 501. The maximum absolute atomic E-state index is 12.3. The van der Waals surface area contributed by atoms with Crippen molar-refractivity contribution in [2.75, 3.05) is 13.7 Å². The molecule has 0 spiro atoms. The molecule has 4 nitrogen and oxygen atoms in total. The van der Waals surface area contributed by atoms with E-state index >= 15 is 0 Å². The minimum absolute atomic E-state index is 0.0243. The minimum atomic E-state index is 0.0243. The van der Waals surface area contributed by atoms with Gasteiger partial charge in [0, 0.05) is 18.6 Å². The average molecular weight is 305 g/mol. The van der Waals surface area contributed by atoms with Crippen LogP contribution in [0.2, 0.25) is 0 Å². The Hall–Kier alpha value is -1.55. The van der Waals surface area contributed by atoms with Crippen LogP contribution in [0, 0.1) is 12.8 Å². The van der Waals surface area contributed by atoms with E-state index < -0.39 is 0 Å². The maximum Gasteiger partial charge on any atom is 0.224 e. The second-order valence-corrected chi connectivity index (χ2v) is 6.24. The van der Waals surface area contributed by atoms with Crippen molar-refractivity contribution in [3.8, 4) is 5.75 Å². The van der Waals surface area contributed by atoms with Crippen LogP contribution < -0.4 is 10.1 Å². The lowest BCUT2D eigenvalue weighted by Crippen LogP contribution is -2.41. The molecule has 0 heterocycles. The van der Waals surface area contributed by atoms with Crippen molar-refractivity contribution >= 4 is 5.91 Å². The summed E-state index contributed by atoms with van der Waals surface area (Å²) in [6, 6.07) is 5.97. The van der Waals surface area contributed by atoms with Gasteiger partial charge in [0.2, 0.25) is 5.91 Å². The number of aliphatic hydroxyl groups excluding tert-OH is 1. The molecular formula is C18H27NO3. The zero-order chi connectivity index (χ0) is 15.9. The number of aliphatic hydroxyl groups is 1. The predicted octanol–water partition coefficient (Wildman–Crippen LogP) is 2.60. The van der Waals surface area contributed by atoms with E-state index in [2.05, 4.69) is 5.32 Å². The van der Waals surface area contributed by atoms with Gasteiger partial charge < -0.3 is 15.2 Å². The van der Waals surface area contributed by atoms with Crippen LogP contribution in [-0.4, -0.2) is 30.8 Å². The lowest BCUT2D eigenvalue weighted by molar-refractivity contribution is -0.121. The van der Waals surface area contributed by atoms with E-state index in [0.717, 1.165) is 42.6 Å². The molecule has 1 aliphatic rings. The summed E-state index contributed by atoms with van der Waals surface area (Å²) in [6.07, 6.45) is 5.78. The molecule has 2 atom stereocenters. The summed E-state index contributed by atoms with van der Waals surface area (Å²) in [5.74, 6) is 1.03. The summed E-state index contributed by atoms with van der Waals surface area (Å²) in [7, 11) is 1.64. The van der Waals surface area contributed by atoms with E-state index in [-0.39, 0.29) is 24.5 Å². The molecule has 1 aromatic rings. The van der Waals surface area contributed by atoms with Crippen LogP contribution in [0.3, 0.4) is 0 Å². The molecule has 1 aromatic carbocycles. The van der Waals surface area contributed by atoms with E-state index in [9.17, 15) is 9.90 Å². The normalized spacial score (nSPS) is 22.0. The van der Waals surface area contributed by atoms with E-state index in [0.29, 0.717) is 6.42 Å². The van der Waals surface area contributed by atoms with Crippen LogP contribution in [0.4, 0.5) is 0 Å². The quantitative estimate of drug-likeness (QED) is 0.822. The van der Waals surface area contributed by atoms with E-state index in [1.165, 1.54) is 6.42 Å². The van der Waals surface area contributed by atoms with Crippen molar-refractivity contribution in [3.63, 3.8) is 0 Å². The summed E-state index contributed by atoms with van der Waals surface area (Å²) in [5.41, 5.74) is 2.02. The number of methoxy groups -OCH3 is 1. The van der Waals surface area contributed by atoms with Crippen molar-refractivity contribution in [3.05, 3.63) is 29.3 Å². The molecule has 0 saturated heterocycles. The fraction of sp³-hybridized carbons (Fsp3) is 0.611. The molecule has 0 aliphatic heterocycles. The highest BCUT2D eigenvalue weighted by Crippen LogP contribution is 2.23. The predicted molar refractivity (Wildman–Crippen MR) is 87.0 cm³/mol. The first-order valence-corrected chi connectivity index (χ1v) is 8.17. The molecule has 0 bridgehead atoms. The third kappa shape index (κ3) is 4.47. The van der Waals surface area contributed by atoms with Crippen molar-refractivity contribution in [2.45, 2.75) is 51.5 Å². The Morgan fingerprint density at radius 1 is 1.32 bits per heavy atom. The first-order valence-electron chi connectivity index (χ1n) is 8.17. The summed E-state index contributed by atoms with van der Waals surface area (Å²) < 4.78 is 5.30. The van der Waals surface area contributed by atoms with Crippen LogP contribution in [0.15, 0.2) is 18.2 Å². The Kier molecular flexibility index (Phi) is 6.25. The lowest BCUT2D eigenvalue weighted by atomic mass is 9.95. The third-order valence-corrected chi connectivity index (χ3v) is 4.58.